The summed E-state index contributed by atoms with van der Waals surface area (Å²) in [6, 6.07) is 7.25. The van der Waals surface area contributed by atoms with Gasteiger partial charge in [0, 0.05) is 6.54 Å². The Labute approximate surface area is 113 Å². The lowest BCUT2D eigenvalue weighted by molar-refractivity contribution is -0.140. The molecule has 0 radical (unpaired) electrons. The number of benzene rings is 1. The Balaban J connectivity index is 2.11. The van der Waals surface area contributed by atoms with Gasteiger partial charge in [0.25, 0.3) is 5.56 Å². The summed E-state index contributed by atoms with van der Waals surface area (Å²) in [4.78, 5) is 28.3. The predicted molar refractivity (Wildman–Crippen MR) is 72.3 cm³/mol. The van der Waals surface area contributed by atoms with E-state index in [0.717, 1.165) is 0 Å². The van der Waals surface area contributed by atoms with Crippen molar-refractivity contribution in [3.05, 3.63) is 34.6 Å². The number of hydrogen-bond acceptors (Lipinski definition) is 5. The quantitative estimate of drug-likeness (QED) is 0.582. The Hall–Kier alpha value is -1.82. The van der Waals surface area contributed by atoms with Gasteiger partial charge < -0.3 is 4.74 Å². The molecular formula is C13H12N2O3S. The third-order valence-corrected chi connectivity index (χ3v) is 4.39. The van der Waals surface area contributed by atoms with Crippen molar-refractivity contribution >= 4 is 28.6 Å². The second-order valence-corrected chi connectivity index (χ2v) is 5.46. The number of methoxy groups -OCH3 is 1. The lowest BCUT2D eigenvalue weighted by Gasteiger charge is -2.22. The van der Waals surface area contributed by atoms with E-state index in [1.807, 2.05) is 12.1 Å². The van der Waals surface area contributed by atoms with Gasteiger partial charge in [-0.25, -0.2) is 4.98 Å². The molecule has 0 spiro atoms. The molecule has 1 aromatic carbocycles. The number of fused-ring (bicyclic) bond motifs is 2. The van der Waals surface area contributed by atoms with Gasteiger partial charge in [-0.2, -0.15) is 0 Å². The van der Waals surface area contributed by atoms with Crippen LogP contribution in [-0.2, 0) is 16.1 Å². The molecule has 6 heteroatoms. The second-order valence-electron chi connectivity index (χ2n) is 4.29. The van der Waals surface area contributed by atoms with Gasteiger partial charge in [0.05, 0.1) is 18.0 Å². The average Bonchev–Trinajstić information content (AvgIpc) is 2.46. The summed E-state index contributed by atoms with van der Waals surface area (Å²) < 4.78 is 6.38. The molecule has 0 bridgehead atoms. The van der Waals surface area contributed by atoms with Crippen LogP contribution in [0.15, 0.2) is 34.2 Å². The molecule has 2 aromatic rings. The van der Waals surface area contributed by atoms with E-state index in [4.69, 9.17) is 4.74 Å². The Kier molecular flexibility index (Phi) is 3.02. The number of ether oxygens (including phenoxy) is 1. The van der Waals surface area contributed by atoms with Crippen LogP contribution in [0.25, 0.3) is 10.9 Å². The Morgan fingerprint density at radius 3 is 3.05 bits per heavy atom. The molecule has 0 aliphatic carbocycles. The molecule has 2 heterocycles. The lowest BCUT2D eigenvalue weighted by atomic mass is 10.2. The molecule has 5 nitrogen and oxygen atoms in total. The minimum Gasteiger partial charge on any atom is -0.468 e. The first kappa shape index (κ1) is 12.2. The topological polar surface area (TPSA) is 61.2 Å². The molecule has 1 aromatic heterocycles. The molecule has 0 N–H and O–H groups in total. The molecule has 1 atom stereocenters. The fraction of sp³-hybridized carbons (Fsp3) is 0.308. The summed E-state index contributed by atoms with van der Waals surface area (Å²) in [7, 11) is 1.37. The molecule has 3 rings (SSSR count). The first-order chi connectivity index (χ1) is 9.20. The van der Waals surface area contributed by atoms with Gasteiger partial charge in [0.15, 0.2) is 5.16 Å². The third kappa shape index (κ3) is 2.02. The van der Waals surface area contributed by atoms with Crippen molar-refractivity contribution in [3.8, 4) is 0 Å². The van der Waals surface area contributed by atoms with E-state index in [2.05, 4.69) is 4.98 Å². The highest BCUT2D eigenvalue weighted by molar-refractivity contribution is 8.00. The van der Waals surface area contributed by atoms with Crippen LogP contribution in [-0.4, -0.2) is 27.9 Å². The SMILES string of the molecule is COC(=O)C1CCn2c(nc3ccccc3c2=O)S1. The normalized spacial score (nSPS) is 18.1. The molecule has 19 heavy (non-hydrogen) atoms. The van der Waals surface area contributed by atoms with Crippen molar-refractivity contribution in [2.45, 2.75) is 23.4 Å². The smallest absolute Gasteiger partial charge is 0.319 e. The molecule has 98 valence electrons. The van der Waals surface area contributed by atoms with Crippen LogP contribution >= 0.6 is 11.8 Å². The second kappa shape index (κ2) is 4.70. The summed E-state index contributed by atoms with van der Waals surface area (Å²) in [6.07, 6.45) is 0.588. The number of nitrogens with zero attached hydrogens (tertiary/aromatic N) is 2. The summed E-state index contributed by atoms with van der Waals surface area (Å²) >= 11 is 1.30. The molecular weight excluding hydrogens is 264 g/mol. The zero-order valence-electron chi connectivity index (χ0n) is 10.3. The van der Waals surface area contributed by atoms with Gasteiger partial charge in [0.2, 0.25) is 0 Å². The summed E-state index contributed by atoms with van der Waals surface area (Å²) in [5.41, 5.74) is 0.619. The van der Waals surface area contributed by atoms with E-state index >= 15 is 0 Å². The van der Waals surface area contributed by atoms with Crippen LogP contribution < -0.4 is 5.56 Å². The van der Waals surface area contributed by atoms with Crippen molar-refractivity contribution in [1.29, 1.82) is 0 Å². The van der Waals surface area contributed by atoms with Crippen LogP contribution in [0.1, 0.15) is 6.42 Å². The number of thioether (sulfide) groups is 1. The van der Waals surface area contributed by atoms with Crippen LogP contribution in [0.5, 0.6) is 0 Å². The van der Waals surface area contributed by atoms with E-state index < -0.39 is 0 Å². The van der Waals surface area contributed by atoms with Crippen LogP contribution in [0.2, 0.25) is 0 Å². The zero-order chi connectivity index (χ0) is 13.4. The minimum atomic E-state index is -0.280. The van der Waals surface area contributed by atoms with Gasteiger partial charge in [-0.05, 0) is 18.6 Å². The molecule has 0 saturated heterocycles. The summed E-state index contributed by atoms with van der Waals surface area (Å²) in [5.74, 6) is -0.265. The molecule has 0 fully saturated rings. The average molecular weight is 276 g/mol. The molecule has 0 amide bonds. The number of esters is 1. The minimum absolute atomic E-state index is 0.0450. The van der Waals surface area contributed by atoms with Crippen molar-refractivity contribution in [1.82, 2.24) is 9.55 Å². The molecule has 1 aliphatic heterocycles. The van der Waals surface area contributed by atoms with E-state index in [-0.39, 0.29) is 16.8 Å². The van der Waals surface area contributed by atoms with E-state index in [1.165, 1.54) is 18.9 Å². The van der Waals surface area contributed by atoms with Gasteiger partial charge in [-0.15, -0.1) is 0 Å². The number of carbonyl (C=O) groups excluding carboxylic acids is 1. The fourth-order valence-corrected chi connectivity index (χ4v) is 3.29. The van der Waals surface area contributed by atoms with Crippen molar-refractivity contribution in [2.24, 2.45) is 0 Å². The number of para-hydroxylation sites is 1. The monoisotopic (exact) mass is 276 g/mol. The maximum absolute atomic E-state index is 12.3. The number of hydrogen-bond donors (Lipinski definition) is 0. The largest absolute Gasteiger partial charge is 0.468 e. The number of rotatable bonds is 1. The molecule has 1 aliphatic rings. The number of aromatic nitrogens is 2. The zero-order valence-corrected chi connectivity index (χ0v) is 11.1. The highest BCUT2D eigenvalue weighted by Gasteiger charge is 2.28. The highest BCUT2D eigenvalue weighted by Crippen LogP contribution is 2.30. The predicted octanol–water partition coefficient (Wildman–Crippen LogP) is 1.43. The Morgan fingerprint density at radius 1 is 1.47 bits per heavy atom. The third-order valence-electron chi connectivity index (χ3n) is 3.15. The molecule has 1 unspecified atom stereocenters. The number of carbonyl (C=O) groups is 1. The Bertz CT molecular complexity index is 711. The van der Waals surface area contributed by atoms with Crippen molar-refractivity contribution in [2.75, 3.05) is 7.11 Å². The van der Waals surface area contributed by atoms with Crippen molar-refractivity contribution in [3.63, 3.8) is 0 Å². The first-order valence-corrected chi connectivity index (χ1v) is 6.83. The fourth-order valence-electron chi connectivity index (χ4n) is 2.16. The summed E-state index contributed by atoms with van der Waals surface area (Å²) in [5, 5.41) is 0.923. The van der Waals surface area contributed by atoms with E-state index in [9.17, 15) is 9.59 Å². The van der Waals surface area contributed by atoms with Crippen LogP contribution in [0, 0.1) is 0 Å². The van der Waals surface area contributed by atoms with Crippen LogP contribution in [0.3, 0.4) is 0 Å². The lowest BCUT2D eigenvalue weighted by Crippen LogP contribution is -2.32. The Morgan fingerprint density at radius 2 is 2.26 bits per heavy atom. The van der Waals surface area contributed by atoms with Gasteiger partial charge in [-0.3, -0.25) is 14.2 Å². The van der Waals surface area contributed by atoms with E-state index in [0.29, 0.717) is 29.0 Å². The van der Waals surface area contributed by atoms with Crippen molar-refractivity contribution < 1.29 is 9.53 Å². The highest BCUT2D eigenvalue weighted by atomic mass is 32.2. The maximum Gasteiger partial charge on any atom is 0.319 e. The van der Waals surface area contributed by atoms with Gasteiger partial charge >= 0.3 is 5.97 Å². The standard InChI is InChI=1S/C13H12N2O3S/c1-18-12(17)10-6-7-15-11(16)8-4-2-3-5-9(8)14-13(15)19-10/h2-5,10H,6-7H2,1H3. The summed E-state index contributed by atoms with van der Waals surface area (Å²) in [6.45, 7) is 0.499. The molecule has 0 saturated carbocycles. The first-order valence-electron chi connectivity index (χ1n) is 5.95. The van der Waals surface area contributed by atoms with Crippen LogP contribution in [0.4, 0.5) is 0 Å². The van der Waals surface area contributed by atoms with Gasteiger partial charge in [0.1, 0.15) is 5.25 Å². The van der Waals surface area contributed by atoms with E-state index in [1.54, 1.807) is 16.7 Å². The van der Waals surface area contributed by atoms with Gasteiger partial charge in [-0.1, -0.05) is 23.9 Å². The maximum atomic E-state index is 12.3.